The molecule has 0 aliphatic carbocycles. The van der Waals surface area contributed by atoms with Crippen molar-refractivity contribution >= 4 is 11.6 Å². The number of piperidine rings is 1. The molecule has 4 rings (SSSR count). The Balaban J connectivity index is 1.30. The van der Waals surface area contributed by atoms with Crippen LogP contribution in [0.2, 0.25) is 0 Å². The minimum atomic E-state index is 0.463. The monoisotopic (exact) mass is 342 g/mol. The molecule has 1 saturated heterocycles. The van der Waals surface area contributed by atoms with E-state index in [-0.39, 0.29) is 0 Å². The molecule has 8 heteroatoms. The summed E-state index contributed by atoms with van der Waals surface area (Å²) in [4.78, 5) is 13.1. The van der Waals surface area contributed by atoms with Gasteiger partial charge in [-0.15, -0.1) is 10.2 Å². The topological polar surface area (TPSA) is 75.0 Å². The smallest absolute Gasteiger partial charge is 0.147 e. The molecular weight excluding hydrogens is 316 g/mol. The molecule has 0 unspecified atom stereocenters. The van der Waals surface area contributed by atoms with Gasteiger partial charge >= 0.3 is 0 Å². The van der Waals surface area contributed by atoms with Crippen molar-refractivity contribution < 1.29 is 0 Å². The van der Waals surface area contributed by atoms with Crippen molar-refractivity contribution in [3.63, 3.8) is 0 Å². The highest BCUT2D eigenvalue weighted by atomic mass is 15.3. The lowest BCUT2D eigenvalue weighted by atomic mass is 10.1. The summed E-state index contributed by atoms with van der Waals surface area (Å²) >= 11 is 0. The largest absolute Gasteiger partial charge is 0.367 e. The molecule has 2 aromatic rings. The zero-order valence-corrected chi connectivity index (χ0v) is 15.0. The average molecular weight is 342 g/mol. The number of nitrogens with one attached hydrogen (secondary N) is 1. The molecule has 1 fully saturated rings. The van der Waals surface area contributed by atoms with E-state index in [0.717, 1.165) is 68.7 Å². The molecule has 0 saturated carbocycles. The fourth-order valence-electron chi connectivity index (χ4n) is 3.64. The van der Waals surface area contributed by atoms with Crippen molar-refractivity contribution in [2.24, 2.45) is 0 Å². The minimum absolute atomic E-state index is 0.463. The SMILES string of the molecule is CN(C)c1cc(NC2CCN(Cc3nnc4n3CCC4)CC2)ncn1. The van der Waals surface area contributed by atoms with Crippen LogP contribution in [0.1, 0.15) is 30.9 Å². The van der Waals surface area contributed by atoms with Gasteiger partial charge in [-0.2, -0.15) is 0 Å². The van der Waals surface area contributed by atoms with Crippen LogP contribution in [0, 0.1) is 0 Å². The third-order valence-corrected chi connectivity index (χ3v) is 5.10. The lowest BCUT2D eigenvalue weighted by Crippen LogP contribution is -2.39. The van der Waals surface area contributed by atoms with Crippen molar-refractivity contribution in [1.82, 2.24) is 29.6 Å². The molecule has 1 N–H and O–H groups in total. The van der Waals surface area contributed by atoms with Gasteiger partial charge in [-0.25, -0.2) is 9.97 Å². The second-order valence-corrected chi connectivity index (χ2v) is 7.14. The molecule has 134 valence electrons. The predicted octanol–water partition coefficient (Wildman–Crippen LogP) is 1.16. The summed E-state index contributed by atoms with van der Waals surface area (Å²) in [6.45, 7) is 4.15. The number of hydrogen-bond acceptors (Lipinski definition) is 7. The van der Waals surface area contributed by atoms with Crippen molar-refractivity contribution in [3.8, 4) is 0 Å². The summed E-state index contributed by atoms with van der Waals surface area (Å²) in [6, 6.07) is 2.47. The van der Waals surface area contributed by atoms with E-state index in [2.05, 4.69) is 34.9 Å². The standard InChI is InChI=1S/C17H26N8/c1-23(2)16-10-14(18-12-19-16)20-13-5-8-24(9-6-13)11-17-22-21-15-4-3-7-25(15)17/h10,12-13H,3-9,11H2,1-2H3,(H,18,19,20). The number of fused-ring (bicyclic) bond motifs is 1. The van der Waals surface area contributed by atoms with E-state index >= 15 is 0 Å². The highest BCUT2D eigenvalue weighted by molar-refractivity contribution is 5.47. The van der Waals surface area contributed by atoms with E-state index in [1.807, 2.05) is 25.1 Å². The third kappa shape index (κ3) is 3.58. The maximum atomic E-state index is 4.38. The Morgan fingerprint density at radius 2 is 2.00 bits per heavy atom. The van der Waals surface area contributed by atoms with Gasteiger partial charge in [0.15, 0.2) is 0 Å². The molecular formula is C17H26N8. The van der Waals surface area contributed by atoms with E-state index in [4.69, 9.17) is 0 Å². The summed E-state index contributed by atoms with van der Waals surface area (Å²) in [6.07, 6.45) is 6.13. The molecule has 2 aliphatic heterocycles. The molecule has 2 aromatic heterocycles. The van der Waals surface area contributed by atoms with Gasteiger partial charge in [0.2, 0.25) is 0 Å². The van der Waals surface area contributed by atoms with E-state index < -0.39 is 0 Å². The Morgan fingerprint density at radius 3 is 2.80 bits per heavy atom. The summed E-state index contributed by atoms with van der Waals surface area (Å²) in [5, 5.41) is 12.2. The number of aryl methyl sites for hydroxylation is 1. The maximum Gasteiger partial charge on any atom is 0.147 e. The summed E-state index contributed by atoms with van der Waals surface area (Å²) in [5.41, 5.74) is 0. The van der Waals surface area contributed by atoms with Gasteiger partial charge in [0.25, 0.3) is 0 Å². The number of nitrogens with zero attached hydrogens (tertiary/aromatic N) is 7. The van der Waals surface area contributed by atoms with Crippen LogP contribution in [0.5, 0.6) is 0 Å². The van der Waals surface area contributed by atoms with Crippen LogP contribution in [0.15, 0.2) is 12.4 Å². The van der Waals surface area contributed by atoms with Gasteiger partial charge in [-0.3, -0.25) is 4.90 Å². The molecule has 0 aromatic carbocycles. The van der Waals surface area contributed by atoms with E-state index in [1.54, 1.807) is 6.33 Å². The lowest BCUT2D eigenvalue weighted by Gasteiger charge is -2.32. The number of anilines is 2. The molecule has 0 amide bonds. The molecule has 25 heavy (non-hydrogen) atoms. The molecule has 0 radical (unpaired) electrons. The van der Waals surface area contributed by atoms with E-state index in [9.17, 15) is 0 Å². The van der Waals surface area contributed by atoms with Gasteiger partial charge in [0, 0.05) is 52.3 Å². The molecule has 2 aliphatic rings. The van der Waals surface area contributed by atoms with Crippen molar-refractivity contribution in [1.29, 1.82) is 0 Å². The third-order valence-electron chi connectivity index (χ3n) is 5.10. The second kappa shape index (κ2) is 6.95. The summed E-state index contributed by atoms with van der Waals surface area (Å²) < 4.78 is 2.30. The van der Waals surface area contributed by atoms with Crippen molar-refractivity contribution in [2.75, 3.05) is 37.4 Å². The summed E-state index contributed by atoms with van der Waals surface area (Å²) in [5.74, 6) is 4.13. The van der Waals surface area contributed by atoms with Crippen molar-refractivity contribution in [2.45, 2.75) is 44.8 Å². The van der Waals surface area contributed by atoms with Crippen LogP contribution in [0.4, 0.5) is 11.6 Å². The zero-order chi connectivity index (χ0) is 17.2. The molecule has 0 bridgehead atoms. The van der Waals surface area contributed by atoms with Crippen LogP contribution >= 0.6 is 0 Å². The van der Waals surface area contributed by atoms with Crippen molar-refractivity contribution in [3.05, 3.63) is 24.0 Å². The molecule has 8 nitrogen and oxygen atoms in total. The van der Waals surface area contributed by atoms with Crippen LogP contribution in [0.3, 0.4) is 0 Å². The van der Waals surface area contributed by atoms with Crippen LogP contribution < -0.4 is 10.2 Å². The fraction of sp³-hybridized carbons (Fsp3) is 0.647. The van der Waals surface area contributed by atoms with Gasteiger partial charge in [-0.05, 0) is 19.3 Å². The van der Waals surface area contributed by atoms with Gasteiger partial charge in [-0.1, -0.05) is 0 Å². The van der Waals surface area contributed by atoms with Crippen LogP contribution in [-0.2, 0) is 19.5 Å². The number of rotatable bonds is 5. The Bertz CT molecular complexity index is 717. The Morgan fingerprint density at radius 1 is 1.16 bits per heavy atom. The Kier molecular flexibility index (Phi) is 4.52. The Labute approximate surface area is 148 Å². The first-order valence-electron chi connectivity index (χ1n) is 9.08. The van der Waals surface area contributed by atoms with Crippen LogP contribution in [-0.4, -0.2) is 62.9 Å². The predicted molar refractivity (Wildman–Crippen MR) is 96.6 cm³/mol. The minimum Gasteiger partial charge on any atom is -0.367 e. The molecule has 0 atom stereocenters. The maximum absolute atomic E-state index is 4.38. The van der Waals surface area contributed by atoms with E-state index in [0.29, 0.717) is 6.04 Å². The lowest BCUT2D eigenvalue weighted by molar-refractivity contribution is 0.204. The van der Waals surface area contributed by atoms with Crippen LogP contribution in [0.25, 0.3) is 0 Å². The molecule has 0 spiro atoms. The zero-order valence-electron chi connectivity index (χ0n) is 15.0. The number of aromatic nitrogens is 5. The summed E-state index contributed by atoms with van der Waals surface area (Å²) in [7, 11) is 3.98. The molecule has 4 heterocycles. The fourth-order valence-corrected chi connectivity index (χ4v) is 3.64. The second-order valence-electron chi connectivity index (χ2n) is 7.14. The number of likely N-dealkylation sites (tertiary alicyclic amines) is 1. The van der Waals surface area contributed by atoms with E-state index in [1.165, 1.54) is 6.42 Å². The van der Waals surface area contributed by atoms with Gasteiger partial charge in [0.1, 0.15) is 29.6 Å². The number of hydrogen-bond donors (Lipinski definition) is 1. The average Bonchev–Trinajstić information content (AvgIpc) is 3.22. The first-order valence-corrected chi connectivity index (χ1v) is 9.08. The normalized spacial score (nSPS) is 18.3. The highest BCUT2D eigenvalue weighted by Gasteiger charge is 2.23. The van der Waals surface area contributed by atoms with Gasteiger partial charge in [0.05, 0.1) is 6.54 Å². The highest BCUT2D eigenvalue weighted by Crippen LogP contribution is 2.20. The Hall–Kier alpha value is -2.22. The first kappa shape index (κ1) is 16.3. The first-order chi connectivity index (χ1) is 12.2. The van der Waals surface area contributed by atoms with Gasteiger partial charge < -0.3 is 14.8 Å². The quantitative estimate of drug-likeness (QED) is 0.874.